The SMILES string of the molecule is O=C(O)c1nccnc1C(=O)N1CCN(c2nc3ccc(Cl)cc3s2)CC1. The molecule has 1 aliphatic heterocycles. The number of amides is 1. The molecule has 1 amide bonds. The molecular weight excluding hydrogens is 390 g/mol. The predicted molar refractivity (Wildman–Crippen MR) is 102 cm³/mol. The first kappa shape index (κ1) is 17.6. The molecule has 0 unspecified atom stereocenters. The molecule has 1 aromatic carbocycles. The Morgan fingerprint density at radius 3 is 2.48 bits per heavy atom. The van der Waals surface area contributed by atoms with Gasteiger partial charge in [0, 0.05) is 43.6 Å². The average Bonchev–Trinajstić information content (AvgIpc) is 3.10. The van der Waals surface area contributed by atoms with Crippen LogP contribution >= 0.6 is 22.9 Å². The normalized spacial score (nSPS) is 14.6. The average molecular weight is 404 g/mol. The van der Waals surface area contributed by atoms with E-state index in [0.717, 1.165) is 15.3 Å². The van der Waals surface area contributed by atoms with Crippen molar-refractivity contribution < 1.29 is 14.7 Å². The minimum atomic E-state index is -1.27. The zero-order valence-corrected chi connectivity index (χ0v) is 15.6. The van der Waals surface area contributed by atoms with Crippen molar-refractivity contribution in [2.45, 2.75) is 0 Å². The highest BCUT2D eigenvalue weighted by molar-refractivity contribution is 7.22. The lowest BCUT2D eigenvalue weighted by atomic mass is 10.2. The second-order valence-corrected chi connectivity index (χ2v) is 7.39. The molecule has 0 bridgehead atoms. The van der Waals surface area contributed by atoms with Crippen LogP contribution < -0.4 is 4.90 Å². The summed E-state index contributed by atoms with van der Waals surface area (Å²) >= 11 is 7.59. The van der Waals surface area contributed by atoms with Crippen LogP contribution in [0.15, 0.2) is 30.6 Å². The second kappa shape index (κ2) is 7.09. The van der Waals surface area contributed by atoms with Crippen LogP contribution in [0, 0.1) is 0 Å². The van der Waals surface area contributed by atoms with E-state index in [0.29, 0.717) is 31.2 Å². The van der Waals surface area contributed by atoms with Crippen LogP contribution in [0.3, 0.4) is 0 Å². The highest BCUT2D eigenvalue weighted by Gasteiger charge is 2.28. The first-order valence-corrected chi connectivity index (χ1v) is 9.37. The Kier molecular flexibility index (Phi) is 4.63. The Morgan fingerprint density at radius 1 is 1.07 bits per heavy atom. The van der Waals surface area contributed by atoms with Gasteiger partial charge in [-0.3, -0.25) is 4.79 Å². The fourth-order valence-electron chi connectivity index (χ4n) is 2.92. The molecule has 1 fully saturated rings. The summed E-state index contributed by atoms with van der Waals surface area (Å²) in [4.78, 5) is 39.9. The Labute approximate surface area is 163 Å². The number of rotatable bonds is 3. The number of carbonyl (C=O) groups is 2. The molecule has 2 aromatic heterocycles. The van der Waals surface area contributed by atoms with Crippen LogP contribution in [-0.2, 0) is 0 Å². The molecule has 4 rings (SSSR count). The van der Waals surface area contributed by atoms with E-state index >= 15 is 0 Å². The second-order valence-electron chi connectivity index (χ2n) is 5.95. The van der Waals surface area contributed by atoms with E-state index in [4.69, 9.17) is 11.6 Å². The van der Waals surface area contributed by atoms with E-state index < -0.39 is 11.9 Å². The number of benzene rings is 1. The number of carbonyl (C=O) groups excluding carboxylic acids is 1. The van der Waals surface area contributed by atoms with E-state index in [-0.39, 0.29) is 11.4 Å². The van der Waals surface area contributed by atoms with Crippen molar-refractivity contribution in [3.8, 4) is 0 Å². The van der Waals surface area contributed by atoms with Crippen molar-refractivity contribution in [2.75, 3.05) is 31.1 Å². The molecule has 0 radical (unpaired) electrons. The molecular formula is C17H14ClN5O3S. The number of hydrogen-bond acceptors (Lipinski definition) is 7. The quantitative estimate of drug-likeness (QED) is 0.716. The summed E-state index contributed by atoms with van der Waals surface area (Å²) in [5.41, 5.74) is 0.435. The number of anilines is 1. The highest BCUT2D eigenvalue weighted by atomic mass is 35.5. The summed E-state index contributed by atoms with van der Waals surface area (Å²) in [7, 11) is 0. The van der Waals surface area contributed by atoms with Crippen molar-refractivity contribution in [3.05, 3.63) is 47.0 Å². The molecule has 0 atom stereocenters. The van der Waals surface area contributed by atoms with Gasteiger partial charge < -0.3 is 14.9 Å². The van der Waals surface area contributed by atoms with Crippen LogP contribution in [0.1, 0.15) is 21.0 Å². The van der Waals surface area contributed by atoms with Gasteiger partial charge in [0.15, 0.2) is 16.5 Å². The third-order valence-electron chi connectivity index (χ3n) is 4.28. The lowest BCUT2D eigenvalue weighted by molar-refractivity contribution is 0.0663. The third-order valence-corrected chi connectivity index (χ3v) is 5.59. The summed E-state index contributed by atoms with van der Waals surface area (Å²) in [5, 5.41) is 10.7. The van der Waals surface area contributed by atoms with Crippen LogP contribution in [0.4, 0.5) is 5.13 Å². The Morgan fingerprint density at radius 2 is 1.78 bits per heavy atom. The van der Waals surface area contributed by atoms with Crippen molar-refractivity contribution in [1.82, 2.24) is 19.9 Å². The number of halogens is 1. The number of hydrogen-bond donors (Lipinski definition) is 1. The monoisotopic (exact) mass is 403 g/mol. The molecule has 0 aliphatic carbocycles. The van der Waals surface area contributed by atoms with Crippen molar-refractivity contribution in [3.63, 3.8) is 0 Å². The van der Waals surface area contributed by atoms with Crippen molar-refractivity contribution in [1.29, 1.82) is 0 Å². The van der Waals surface area contributed by atoms with Crippen LogP contribution in [0.2, 0.25) is 5.02 Å². The number of aromatic carboxylic acids is 1. The minimum absolute atomic E-state index is 0.131. The van der Waals surface area contributed by atoms with E-state index in [1.807, 2.05) is 18.2 Å². The number of nitrogens with zero attached hydrogens (tertiary/aromatic N) is 5. The largest absolute Gasteiger partial charge is 0.476 e. The van der Waals surface area contributed by atoms with Gasteiger partial charge in [0.2, 0.25) is 0 Å². The molecule has 1 N–H and O–H groups in total. The van der Waals surface area contributed by atoms with Crippen molar-refractivity contribution >= 4 is 50.2 Å². The first-order chi connectivity index (χ1) is 13.0. The van der Waals surface area contributed by atoms with Crippen molar-refractivity contribution in [2.24, 2.45) is 0 Å². The molecule has 0 spiro atoms. The summed E-state index contributed by atoms with van der Waals surface area (Å²) in [5.74, 6) is -1.69. The summed E-state index contributed by atoms with van der Waals surface area (Å²) in [6, 6.07) is 5.59. The molecule has 1 saturated heterocycles. The lowest BCUT2D eigenvalue weighted by Gasteiger charge is -2.34. The van der Waals surface area contributed by atoms with Crippen LogP contribution in [0.5, 0.6) is 0 Å². The smallest absolute Gasteiger partial charge is 0.356 e. The molecule has 3 aromatic rings. The number of aromatic nitrogens is 3. The van der Waals surface area contributed by atoms with Gasteiger partial charge in [-0.05, 0) is 18.2 Å². The molecule has 10 heteroatoms. The number of thiazole rings is 1. The molecule has 138 valence electrons. The first-order valence-electron chi connectivity index (χ1n) is 8.17. The van der Waals surface area contributed by atoms with Gasteiger partial charge in [0.1, 0.15) is 0 Å². The maximum atomic E-state index is 12.7. The Balaban J connectivity index is 1.48. The zero-order valence-electron chi connectivity index (χ0n) is 14.0. The summed E-state index contributed by atoms with van der Waals surface area (Å²) < 4.78 is 1.02. The molecule has 27 heavy (non-hydrogen) atoms. The van der Waals surface area contributed by atoms with E-state index in [2.05, 4.69) is 19.9 Å². The van der Waals surface area contributed by atoms with Gasteiger partial charge in [-0.25, -0.2) is 19.7 Å². The van der Waals surface area contributed by atoms with Gasteiger partial charge in [-0.15, -0.1) is 0 Å². The highest BCUT2D eigenvalue weighted by Crippen LogP contribution is 2.31. The zero-order chi connectivity index (χ0) is 19.0. The molecule has 3 heterocycles. The summed E-state index contributed by atoms with van der Waals surface area (Å²) in [6.45, 7) is 2.10. The van der Waals surface area contributed by atoms with Gasteiger partial charge in [0.25, 0.3) is 5.91 Å². The van der Waals surface area contributed by atoms with E-state index in [1.165, 1.54) is 12.4 Å². The Bertz CT molecular complexity index is 1030. The lowest BCUT2D eigenvalue weighted by Crippen LogP contribution is -2.49. The van der Waals surface area contributed by atoms with Crippen LogP contribution in [-0.4, -0.2) is 63.0 Å². The molecule has 0 saturated carbocycles. The van der Waals surface area contributed by atoms with Gasteiger partial charge in [0.05, 0.1) is 10.2 Å². The topological polar surface area (TPSA) is 99.5 Å². The van der Waals surface area contributed by atoms with Gasteiger partial charge in [-0.2, -0.15) is 0 Å². The minimum Gasteiger partial charge on any atom is -0.476 e. The maximum Gasteiger partial charge on any atom is 0.356 e. The summed E-state index contributed by atoms with van der Waals surface area (Å²) in [6.07, 6.45) is 2.58. The molecule has 8 nitrogen and oxygen atoms in total. The fraction of sp³-hybridized carbons (Fsp3) is 0.235. The number of piperazine rings is 1. The van der Waals surface area contributed by atoms with Crippen LogP contribution in [0.25, 0.3) is 10.2 Å². The fourth-order valence-corrected chi connectivity index (χ4v) is 4.22. The van der Waals surface area contributed by atoms with Gasteiger partial charge >= 0.3 is 5.97 Å². The third kappa shape index (κ3) is 3.43. The number of carboxylic acids is 1. The van der Waals surface area contributed by atoms with E-state index in [9.17, 15) is 14.7 Å². The standard InChI is InChI=1S/C17H14ClN5O3S/c18-10-1-2-11-12(9-10)27-17(21-11)23-7-5-22(6-8-23)15(24)13-14(16(25)26)20-4-3-19-13/h1-4,9H,5-8H2,(H,25,26). The van der Waals surface area contributed by atoms with E-state index in [1.54, 1.807) is 16.2 Å². The number of fused-ring (bicyclic) bond motifs is 1. The number of carboxylic acid groups (broad SMARTS) is 1. The Hall–Kier alpha value is -2.78. The predicted octanol–water partition coefficient (Wildman–Crippen LogP) is 2.40. The van der Waals surface area contributed by atoms with Gasteiger partial charge in [-0.1, -0.05) is 22.9 Å². The maximum absolute atomic E-state index is 12.7. The molecule has 1 aliphatic rings.